The van der Waals surface area contributed by atoms with Crippen LogP contribution in [0.3, 0.4) is 0 Å². The van der Waals surface area contributed by atoms with Gasteiger partial charge in [0.05, 0.1) is 0 Å². The van der Waals surface area contributed by atoms with Crippen LogP contribution >= 0.6 is 11.3 Å². The minimum Gasteiger partial charge on any atom is -0.316 e. The summed E-state index contributed by atoms with van der Waals surface area (Å²) >= 11 is 1.88. The smallest absolute Gasteiger partial charge is 0.0328 e. The molecule has 1 aromatic heterocycles. The highest BCUT2D eigenvalue weighted by Crippen LogP contribution is 2.32. The van der Waals surface area contributed by atoms with Crippen LogP contribution in [-0.4, -0.2) is 31.1 Å². The summed E-state index contributed by atoms with van der Waals surface area (Å²) in [5.41, 5.74) is 0.530. The Labute approximate surface area is 115 Å². The van der Waals surface area contributed by atoms with Crippen LogP contribution in [0.25, 0.3) is 0 Å². The third-order valence-corrected chi connectivity index (χ3v) is 4.94. The quantitative estimate of drug-likeness (QED) is 0.814. The van der Waals surface area contributed by atoms with E-state index >= 15 is 0 Å². The second kappa shape index (κ2) is 6.69. The lowest BCUT2D eigenvalue weighted by atomic mass is 9.82. The molecule has 2 nitrogen and oxygen atoms in total. The molecule has 2 heterocycles. The molecule has 1 N–H and O–H groups in total. The summed E-state index contributed by atoms with van der Waals surface area (Å²) < 4.78 is 0. The first-order valence-electron chi connectivity index (χ1n) is 7.23. The normalized spacial score (nSPS) is 23.9. The summed E-state index contributed by atoms with van der Waals surface area (Å²) in [6.45, 7) is 10.6. The van der Waals surface area contributed by atoms with E-state index in [4.69, 9.17) is 0 Å². The number of hydrogen-bond donors (Lipinski definition) is 1. The minimum absolute atomic E-state index is 0.530. The van der Waals surface area contributed by atoms with E-state index in [1.54, 1.807) is 0 Å². The van der Waals surface area contributed by atoms with Gasteiger partial charge >= 0.3 is 0 Å². The van der Waals surface area contributed by atoms with Crippen molar-refractivity contribution in [2.45, 2.75) is 39.7 Å². The number of rotatable bonds is 7. The van der Waals surface area contributed by atoms with Crippen molar-refractivity contribution in [3.8, 4) is 0 Å². The zero-order chi connectivity index (χ0) is 12.8. The van der Waals surface area contributed by atoms with Crippen molar-refractivity contribution in [2.75, 3.05) is 26.2 Å². The molecule has 1 aromatic rings. The zero-order valence-corrected chi connectivity index (χ0v) is 12.6. The van der Waals surface area contributed by atoms with Crippen LogP contribution in [0.5, 0.6) is 0 Å². The molecule has 0 saturated carbocycles. The van der Waals surface area contributed by atoms with E-state index in [9.17, 15) is 0 Å². The topological polar surface area (TPSA) is 15.3 Å². The first-order valence-corrected chi connectivity index (χ1v) is 8.11. The van der Waals surface area contributed by atoms with Crippen LogP contribution in [0.4, 0.5) is 0 Å². The molecule has 0 radical (unpaired) electrons. The van der Waals surface area contributed by atoms with Gasteiger partial charge in [0.2, 0.25) is 0 Å². The van der Waals surface area contributed by atoms with Gasteiger partial charge in [-0.25, -0.2) is 0 Å². The molecular weight excluding hydrogens is 240 g/mol. The molecule has 102 valence electrons. The first-order chi connectivity index (χ1) is 8.78. The average Bonchev–Trinajstić information content (AvgIpc) is 3.01. The molecule has 1 saturated heterocycles. The molecule has 1 aliphatic rings. The number of thiophene rings is 1. The number of nitrogens with zero attached hydrogens (tertiary/aromatic N) is 1. The van der Waals surface area contributed by atoms with Gasteiger partial charge in [0, 0.05) is 24.5 Å². The van der Waals surface area contributed by atoms with E-state index in [-0.39, 0.29) is 0 Å². The summed E-state index contributed by atoms with van der Waals surface area (Å²) in [4.78, 5) is 4.11. The van der Waals surface area contributed by atoms with Crippen molar-refractivity contribution in [3.63, 3.8) is 0 Å². The Kier molecular flexibility index (Phi) is 5.22. The van der Waals surface area contributed by atoms with Crippen LogP contribution < -0.4 is 5.32 Å². The van der Waals surface area contributed by atoms with Crippen LogP contribution in [0, 0.1) is 5.41 Å². The van der Waals surface area contributed by atoms with E-state index in [1.807, 2.05) is 11.3 Å². The SMILES string of the molecule is CCCC1(CN(CC)Cc2cccs2)CCNC1. The lowest BCUT2D eigenvalue weighted by Crippen LogP contribution is -2.38. The summed E-state index contributed by atoms with van der Waals surface area (Å²) in [5, 5.41) is 5.74. The molecule has 1 unspecified atom stereocenters. The monoisotopic (exact) mass is 266 g/mol. The van der Waals surface area contributed by atoms with Gasteiger partial charge in [0.1, 0.15) is 0 Å². The Bertz CT molecular complexity index is 328. The van der Waals surface area contributed by atoms with Gasteiger partial charge in [0.25, 0.3) is 0 Å². The molecule has 2 rings (SSSR count). The van der Waals surface area contributed by atoms with Gasteiger partial charge in [-0.1, -0.05) is 26.3 Å². The lowest BCUT2D eigenvalue weighted by molar-refractivity contribution is 0.153. The molecule has 1 fully saturated rings. The highest BCUT2D eigenvalue weighted by Gasteiger charge is 2.34. The van der Waals surface area contributed by atoms with Crippen molar-refractivity contribution in [3.05, 3.63) is 22.4 Å². The van der Waals surface area contributed by atoms with Crippen LogP contribution in [-0.2, 0) is 6.54 Å². The number of hydrogen-bond acceptors (Lipinski definition) is 3. The van der Waals surface area contributed by atoms with Gasteiger partial charge in [-0.3, -0.25) is 4.90 Å². The molecule has 1 atom stereocenters. The third kappa shape index (κ3) is 3.56. The lowest BCUT2D eigenvalue weighted by Gasteiger charge is -2.34. The van der Waals surface area contributed by atoms with E-state index in [0.29, 0.717) is 5.41 Å². The summed E-state index contributed by atoms with van der Waals surface area (Å²) in [6.07, 6.45) is 4.01. The van der Waals surface area contributed by atoms with Gasteiger partial charge in [-0.05, 0) is 42.8 Å². The molecule has 3 heteroatoms. The minimum atomic E-state index is 0.530. The van der Waals surface area contributed by atoms with E-state index in [1.165, 1.54) is 43.8 Å². The molecule has 0 amide bonds. The second-order valence-corrected chi connectivity index (χ2v) is 6.59. The molecule has 0 spiro atoms. The van der Waals surface area contributed by atoms with Gasteiger partial charge in [-0.15, -0.1) is 11.3 Å². The predicted octanol–water partition coefficient (Wildman–Crippen LogP) is 3.35. The van der Waals surface area contributed by atoms with E-state index in [2.05, 4.69) is 41.6 Å². The van der Waals surface area contributed by atoms with Crippen molar-refractivity contribution in [2.24, 2.45) is 5.41 Å². The van der Waals surface area contributed by atoms with Gasteiger partial charge in [0.15, 0.2) is 0 Å². The maximum atomic E-state index is 3.56. The second-order valence-electron chi connectivity index (χ2n) is 5.56. The van der Waals surface area contributed by atoms with Crippen molar-refractivity contribution < 1.29 is 0 Å². The van der Waals surface area contributed by atoms with Crippen LogP contribution in [0.2, 0.25) is 0 Å². The summed E-state index contributed by atoms with van der Waals surface area (Å²) in [5.74, 6) is 0. The maximum absolute atomic E-state index is 3.56. The summed E-state index contributed by atoms with van der Waals surface area (Å²) in [6, 6.07) is 4.42. The zero-order valence-electron chi connectivity index (χ0n) is 11.7. The molecular formula is C15H26N2S. The van der Waals surface area contributed by atoms with Crippen LogP contribution in [0.15, 0.2) is 17.5 Å². The third-order valence-electron chi connectivity index (χ3n) is 4.08. The average molecular weight is 266 g/mol. The Morgan fingerprint density at radius 1 is 1.44 bits per heavy atom. The Balaban J connectivity index is 1.95. The fourth-order valence-electron chi connectivity index (χ4n) is 3.13. The van der Waals surface area contributed by atoms with E-state index < -0.39 is 0 Å². The highest BCUT2D eigenvalue weighted by molar-refractivity contribution is 7.09. The molecule has 0 aliphatic carbocycles. The maximum Gasteiger partial charge on any atom is 0.0328 e. The Morgan fingerprint density at radius 3 is 2.89 bits per heavy atom. The highest BCUT2D eigenvalue weighted by atomic mass is 32.1. The molecule has 0 aromatic carbocycles. The standard InChI is InChI=1S/C15H26N2S/c1-3-7-15(8-9-16-12-15)13-17(4-2)11-14-6-5-10-18-14/h5-6,10,16H,3-4,7-9,11-13H2,1-2H3. The summed E-state index contributed by atoms with van der Waals surface area (Å²) in [7, 11) is 0. The van der Waals surface area contributed by atoms with Gasteiger partial charge in [-0.2, -0.15) is 0 Å². The van der Waals surface area contributed by atoms with Crippen molar-refractivity contribution in [1.29, 1.82) is 0 Å². The predicted molar refractivity (Wildman–Crippen MR) is 80.1 cm³/mol. The first kappa shape index (κ1) is 14.0. The van der Waals surface area contributed by atoms with Crippen LogP contribution in [0.1, 0.15) is 38.0 Å². The molecule has 18 heavy (non-hydrogen) atoms. The van der Waals surface area contributed by atoms with Gasteiger partial charge < -0.3 is 5.32 Å². The molecule has 0 bridgehead atoms. The largest absolute Gasteiger partial charge is 0.316 e. The fraction of sp³-hybridized carbons (Fsp3) is 0.733. The van der Waals surface area contributed by atoms with E-state index in [0.717, 1.165) is 13.1 Å². The Morgan fingerprint density at radius 2 is 2.33 bits per heavy atom. The molecule has 1 aliphatic heterocycles. The van der Waals surface area contributed by atoms with Crippen molar-refractivity contribution >= 4 is 11.3 Å². The number of nitrogens with one attached hydrogen (secondary N) is 1. The Hall–Kier alpha value is -0.380. The fourth-order valence-corrected chi connectivity index (χ4v) is 3.88. The van der Waals surface area contributed by atoms with Crippen molar-refractivity contribution in [1.82, 2.24) is 10.2 Å².